The SMILES string of the molecule is COc1cc(C=CC(=O)O)cc(OC(F)(F)F)c1. The fraction of sp³-hybridized carbons (Fsp3) is 0.182. The highest BCUT2D eigenvalue weighted by Crippen LogP contribution is 2.28. The molecule has 0 aliphatic rings. The Labute approximate surface area is 100 Å². The molecule has 0 radical (unpaired) electrons. The van der Waals surface area contributed by atoms with Crippen LogP contribution in [0.2, 0.25) is 0 Å². The average molecular weight is 262 g/mol. The highest BCUT2D eigenvalue weighted by Gasteiger charge is 2.31. The van der Waals surface area contributed by atoms with Crippen molar-refractivity contribution in [3.63, 3.8) is 0 Å². The first-order valence-corrected chi connectivity index (χ1v) is 4.66. The molecule has 18 heavy (non-hydrogen) atoms. The summed E-state index contributed by atoms with van der Waals surface area (Å²) in [6.45, 7) is 0. The summed E-state index contributed by atoms with van der Waals surface area (Å²) in [7, 11) is 1.28. The van der Waals surface area contributed by atoms with Crippen molar-refractivity contribution in [2.45, 2.75) is 6.36 Å². The Bertz CT molecular complexity index is 466. The number of hydrogen-bond donors (Lipinski definition) is 1. The minimum atomic E-state index is -4.82. The second-order valence-electron chi connectivity index (χ2n) is 3.16. The summed E-state index contributed by atoms with van der Waals surface area (Å²) in [5.41, 5.74) is 0.219. The number of carbonyl (C=O) groups is 1. The third kappa shape index (κ3) is 4.77. The molecular formula is C11H9F3O4. The number of carboxylic acids is 1. The van der Waals surface area contributed by atoms with Gasteiger partial charge in [0, 0.05) is 12.1 Å². The topological polar surface area (TPSA) is 55.8 Å². The normalized spacial score (nSPS) is 11.6. The summed E-state index contributed by atoms with van der Waals surface area (Å²) < 4.78 is 44.7. The number of hydrogen-bond acceptors (Lipinski definition) is 3. The van der Waals surface area contributed by atoms with Crippen LogP contribution in [0.25, 0.3) is 6.08 Å². The molecule has 98 valence electrons. The molecule has 4 nitrogen and oxygen atoms in total. The first-order chi connectivity index (χ1) is 8.30. The number of methoxy groups -OCH3 is 1. The number of ether oxygens (including phenoxy) is 2. The zero-order valence-corrected chi connectivity index (χ0v) is 9.19. The van der Waals surface area contributed by atoms with Gasteiger partial charge in [0.2, 0.25) is 0 Å². The van der Waals surface area contributed by atoms with Gasteiger partial charge < -0.3 is 14.6 Å². The number of rotatable bonds is 4. The summed E-state index contributed by atoms with van der Waals surface area (Å²) >= 11 is 0. The number of aliphatic carboxylic acids is 1. The van der Waals surface area contributed by atoms with Crippen LogP contribution in [0.5, 0.6) is 11.5 Å². The lowest BCUT2D eigenvalue weighted by atomic mass is 10.2. The number of alkyl halides is 3. The van der Waals surface area contributed by atoms with E-state index in [0.717, 1.165) is 24.3 Å². The van der Waals surface area contributed by atoms with Gasteiger partial charge in [-0.3, -0.25) is 0 Å². The zero-order chi connectivity index (χ0) is 13.8. The van der Waals surface area contributed by atoms with E-state index in [9.17, 15) is 18.0 Å². The molecule has 0 aromatic heterocycles. The van der Waals surface area contributed by atoms with Crippen LogP contribution in [0.4, 0.5) is 13.2 Å². The molecule has 0 aliphatic carbocycles. The van der Waals surface area contributed by atoms with Crippen molar-refractivity contribution in [3.8, 4) is 11.5 Å². The third-order valence-corrected chi connectivity index (χ3v) is 1.79. The fourth-order valence-electron chi connectivity index (χ4n) is 1.17. The molecule has 0 bridgehead atoms. The van der Waals surface area contributed by atoms with Gasteiger partial charge in [0.15, 0.2) is 0 Å². The summed E-state index contributed by atoms with van der Waals surface area (Å²) in [4.78, 5) is 10.3. The monoisotopic (exact) mass is 262 g/mol. The van der Waals surface area contributed by atoms with Crippen LogP contribution < -0.4 is 9.47 Å². The molecule has 0 spiro atoms. The fourth-order valence-corrected chi connectivity index (χ4v) is 1.17. The van der Waals surface area contributed by atoms with Crippen LogP contribution >= 0.6 is 0 Å². The van der Waals surface area contributed by atoms with E-state index in [1.165, 1.54) is 13.2 Å². The van der Waals surface area contributed by atoms with Gasteiger partial charge >= 0.3 is 12.3 Å². The van der Waals surface area contributed by atoms with E-state index >= 15 is 0 Å². The van der Waals surface area contributed by atoms with Gasteiger partial charge in [-0.05, 0) is 23.8 Å². The Hall–Kier alpha value is -2.18. The smallest absolute Gasteiger partial charge is 0.497 e. The lowest BCUT2D eigenvalue weighted by Crippen LogP contribution is -2.17. The second kappa shape index (κ2) is 5.44. The van der Waals surface area contributed by atoms with Crippen LogP contribution in [-0.4, -0.2) is 24.5 Å². The maximum absolute atomic E-state index is 12.0. The molecule has 1 rings (SSSR count). The summed E-state index contributed by atoms with van der Waals surface area (Å²) in [6.07, 6.45) is -2.89. The van der Waals surface area contributed by atoms with E-state index in [1.807, 2.05) is 0 Å². The lowest BCUT2D eigenvalue weighted by Gasteiger charge is -2.11. The van der Waals surface area contributed by atoms with Crippen molar-refractivity contribution in [2.75, 3.05) is 7.11 Å². The van der Waals surface area contributed by atoms with Gasteiger partial charge in [0.1, 0.15) is 11.5 Å². The van der Waals surface area contributed by atoms with Crippen molar-refractivity contribution in [1.29, 1.82) is 0 Å². The van der Waals surface area contributed by atoms with Crippen molar-refractivity contribution in [1.82, 2.24) is 0 Å². The van der Waals surface area contributed by atoms with E-state index in [4.69, 9.17) is 9.84 Å². The molecular weight excluding hydrogens is 253 g/mol. The number of halogens is 3. The van der Waals surface area contributed by atoms with Gasteiger partial charge in [-0.25, -0.2) is 4.79 Å². The number of carboxylic acid groups (broad SMARTS) is 1. The largest absolute Gasteiger partial charge is 0.573 e. The molecule has 0 atom stereocenters. The highest BCUT2D eigenvalue weighted by molar-refractivity contribution is 5.85. The highest BCUT2D eigenvalue weighted by atomic mass is 19.4. The van der Waals surface area contributed by atoms with E-state index in [-0.39, 0.29) is 11.3 Å². The summed E-state index contributed by atoms with van der Waals surface area (Å²) in [5.74, 6) is -1.57. The molecule has 0 amide bonds. The van der Waals surface area contributed by atoms with Gasteiger partial charge in [-0.2, -0.15) is 0 Å². The molecule has 0 unspecified atom stereocenters. The van der Waals surface area contributed by atoms with Crippen LogP contribution in [0.1, 0.15) is 5.56 Å². The van der Waals surface area contributed by atoms with E-state index in [1.54, 1.807) is 0 Å². The molecule has 0 aliphatic heterocycles. The van der Waals surface area contributed by atoms with Crippen molar-refractivity contribution in [2.24, 2.45) is 0 Å². The van der Waals surface area contributed by atoms with Crippen molar-refractivity contribution < 1.29 is 32.5 Å². The van der Waals surface area contributed by atoms with E-state index in [0.29, 0.717) is 0 Å². The standard InChI is InChI=1S/C11H9F3O4/c1-17-8-4-7(2-3-10(15)16)5-9(6-8)18-11(12,13)14/h2-6H,1H3,(H,15,16). The van der Waals surface area contributed by atoms with Crippen LogP contribution in [-0.2, 0) is 4.79 Å². The molecule has 1 N–H and O–H groups in total. The molecule has 0 fully saturated rings. The minimum absolute atomic E-state index is 0.127. The maximum Gasteiger partial charge on any atom is 0.573 e. The first-order valence-electron chi connectivity index (χ1n) is 4.66. The lowest BCUT2D eigenvalue weighted by molar-refractivity contribution is -0.274. The summed E-state index contributed by atoms with van der Waals surface area (Å²) in [6, 6.07) is 3.48. The minimum Gasteiger partial charge on any atom is -0.497 e. The van der Waals surface area contributed by atoms with Crippen molar-refractivity contribution in [3.05, 3.63) is 29.8 Å². The Balaban J connectivity index is 3.05. The quantitative estimate of drug-likeness (QED) is 0.847. The van der Waals surface area contributed by atoms with Gasteiger partial charge in [0.25, 0.3) is 0 Å². The predicted molar refractivity (Wildman–Crippen MR) is 56.3 cm³/mol. The molecule has 0 saturated carbocycles. The van der Waals surface area contributed by atoms with Crippen LogP contribution in [0, 0.1) is 0 Å². The van der Waals surface area contributed by atoms with Crippen molar-refractivity contribution >= 4 is 12.0 Å². The van der Waals surface area contributed by atoms with E-state index < -0.39 is 18.1 Å². The Morgan fingerprint density at radius 3 is 2.39 bits per heavy atom. The molecule has 1 aromatic rings. The Morgan fingerprint density at radius 1 is 1.28 bits per heavy atom. The maximum atomic E-state index is 12.0. The Kier molecular flexibility index (Phi) is 4.19. The molecule has 0 heterocycles. The Morgan fingerprint density at radius 2 is 1.89 bits per heavy atom. The molecule has 1 aromatic carbocycles. The van der Waals surface area contributed by atoms with E-state index in [2.05, 4.69) is 4.74 Å². The van der Waals surface area contributed by atoms with Crippen LogP contribution in [0.15, 0.2) is 24.3 Å². The van der Waals surface area contributed by atoms with Gasteiger partial charge in [-0.15, -0.1) is 13.2 Å². The van der Waals surface area contributed by atoms with Crippen LogP contribution in [0.3, 0.4) is 0 Å². The third-order valence-electron chi connectivity index (χ3n) is 1.79. The molecule has 7 heteroatoms. The van der Waals surface area contributed by atoms with Gasteiger partial charge in [-0.1, -0.05) is 0 Å². The molecule has 0 saturated heterocycles. The summed E-state index contributed by atoms with van der Waals surface area (Å²) in [5, 5.41) is 8.43. The predicted octanol–water partition coefficient (Wildman–Crippen LogP) is 2.69. The van der Waals surface area contributed by atoms with Gasteiger partial charge in [0.05, 0.1) is 7.11 Å². The number of benzene rings is 1. The second-order valence-corrected chi connectivity index (χ2v) is 3.16. The zero-order valence-electron chi connectivity index (χ0n) is 9.19. The first kappa shape index (κ1) is 13.9. The average Bonchev–Trinajstić information content (AvgIpc) is 2.23.